The van der Waals surface area contributed by atoms with Crippen LogP contribution in [-0.4, -0.2) is 23.7 Å². The molecule has 0 aromatic rings. The van der Waals surface area contributed by atoms with Crippen LogP contribution in [0.1, 0.15) is 13.3 Å². The fourth-order valence-corrected chi connectivity index (χ4v) is 2.27. The Kier molecular flexibility index (Phi) is 2.34. The number of carboxylic acid groups (broad SMARTS) is 1. The first-order chi connectivity index (χ1) is 7.09. The van der Waals surface area contributed by atoms with E-state index in [1.807, 2.05) is 12.2 Å². The van der Waals surface area contributed by atoms with Crippen molar-refractivity contribution in [2.75, 3.05) is 6.61 Å². The summed E-state index contributed by atoms with van der Waals surface area (Å²) in [7, 11) is 0. The Morgan fingerprint density at radius 1 is 1.47 bits per heavy atom. The SMILES string of the molecule is CC(=O)OCC1=C(C(=O)O)C2C=CC1C2. The number of hydrogen-bond donors (Lipinski definition) is 1. The number of ether oxygens (including phenoxy) is 1. The molecular weight excluding hydrogens is 196 g/mol. The number of fused-ring (bicyclic) bond motifs is 2. The molecule has 0 heterocycles. The van der Waals surface area contributed by atoms with Crippen molar-refractivity contribution in [3.8, 4) is 0 Å². The molecule has 2 rings (SSSR count). The van der Waals surface area contributed by atoms with Crippen molar-refractivity contribution in [2.45, 2.75) is 13.3 Å². The number of hydrogen-bond acceptors (Lipinski definition) is 3. The number of allylic oxidation sites excluding steroid dienone is 2. The highest BCUT2D eigenvalue weighted by atomic mass is 16.5. The topological polar surface area (TPSA) is 63.6 Å². The molecule has 4 nitrogen and oxygen atoms in total. The molecule has 2 unspecified atom stereocenters. The summed E-state index contributed by atoms with van der Waals surface area (Å²) in [6.45, 7) is 1.44. The van der Waals surface area contributed by atoms with Gasteiger partial charge in [-0.1, -0.05) is 12.2 Å². The van der Waals surface area contributed by atoms with Crippen LogP contribution in [0.5, 0.6) is 0 Å². The predicted molar refractivity (Wildman–Crippen MR) is 52.0 cm³/mol. The summed E-state index contributed by atoms with van der Waals surface area (Å²) in [6.07, 6.45) is 4.74. The van der Waals surface area contributed by atoms with E-state index in [2.05, 4.69) is 0 Å². The zero-order chi connectivity index (χ0) is 11.0. The zero-order valence-corrected chi connectivity index (χ0v) is 8.40. The highest BCUT2D eigenvalue weighted by Crippen LogP contribution is 2.43. The standard InChI is InChI=1S/C11H12O4/c1-6(12)15-5-9-7-2-3-8(4-7)10(9)11(13)14/h2-3,7-8H,4-5H2,1H3,(H,13,14). The van der Waals surface area contributed by atoms with Crippen LogP contribution in [0.4, 0.5) is 0 Å². The van der Waals surface area contributed by atoms with Crippen LogP contribution in [0, 0.1) is 11.8 Å². The molecular formula is C11H12O4. The summed E-state index contributed by atoms with van der Waals surface area (Å²) in [5, 5.41) is 9.04. The number of rotatable bonds is 3. The number of carboxylic acids is 1. The molecule has 1 N–H and O–H groups in total. The molecule has 0 radical (unpaired) electrons. The molecule has 0 aromatic heterocycles. The van der Waals surface area contributed by atoms with Crippen LogP contribution >= 0.6 is 0 Å². The van der Waals surface area contributed by atoms with Gasteiger partial charge in [0.1, 0.15) is 6.61 Å². The van der Waals surface area contributed by atoms with Gasteiger partial charge in [-0.2, -0.15) is 0 Å². The monoisotopic (exact) mass is 208 g/mol. The van der Waals surface area contributed by atoms with Gasteiger partial charge in [-0.25, -0.2) is 4.79 Å². The zero-order valence-electron chi connectivity index (χ0n) is 8.40. The summed E-state index contributed by atoms with van der Waals surface area (Å²) in [5.41, 5.74) is 1.17. The maximum absolute atomic E-state index is 11.0. The third kappa shape index (κ3) is 1.67. The van der Waals surface area contributed by atoms with Crippen LogP contribution < -0.4 is 0 Å². The number of esters is 1. The van der Waals surface area contributed by atoms with Crippen LogP contribution in [-0.2, 0) is 14.3 Å². The molecule has 80 valence electrons. The second kappa shape index (κ2) is 3.53. The van der Waals surface area contributed by atoms with Crippen LogP contribution in [0.25, 0.3) is 0 Å². The Hall–Kier alpha value is -1.58. The summed E-state index contributed by atoms with van der Waals surface area (Å²) in [4.78, 5) is 21.7. The molecule has 0 saturated heterocycles. The van der Waals surface area contributed by atoms with Crippen molar-refractivity contribution in [2.24, 2.45) is 11.8 Å². The molecule has 2 bridgehead atoms. The van der Waals surface area contributed by atoms with Gasteiger partial charge in [0.2, 0.25) is 0 Å². The highest BCUT2D eigenvalue weighted by Gasteiger charge is 2.38. The van der Waals surface area contributed by atoms with E-state index in [0.29, 0.717) is 5.57 Å². The smallest absolute Gasteiger partial charge is 0.332 e. The Bertz CT molecular complexity index is 378. The van der Waals surface area contributed by atoms with E-state index >= 15 is 0 Å². The van der Waals surface area contributed by atoms with E-state index in [9.17, 15) is 9.59 Å². The number of carbonyl (C=O) groups excluding carboxylic acids is 1. The Morgan fingerprint density at radius 3 is 2.73 bits per heavy atom. The van der Waals surface area contributed by atoms with E-state index in [0.717, 1.165) is 12.0 Å². The van der Waals surface area contributed by atoms with Crippen molar-refractivity contribution in [3.05, 3.63) is 23.3 Å². The summed E-state index contributed by atoms with van der Waals surface area (Å²) >= 11 is 0. The average Bonchev–Trinajstić information content (AvgIpc) is 2.72. The van der Waals surface area contributed by atoms with Gasteiger partial charge in [-0.3, -0.25) is 4.79 Å². The normalized spacial score (nSPS) is 27.3. The molecule has 0 spiro atoms. The minimum Gasteiger partial charge on any atom is -0.478 e. The molecule has 0 aromatic carbocycles. The van der Waals surface area contributed by atoms with Gasteiger partial charge in [0.05, 0.1) is 0 Å². The fourth-order valence-electron chi connectivity index (χ4n) is 2.27. The van der Waals surface area contributed by atoms with Crippen LogP contribution in [0.2, 0.25) is 0 Å². The third-order valence-corrected chi connectivity index (χ3v) is 2.91. The first kappa shape index (κ1) is 9.96. The quantitative estimate of drug-likeness (QED) is 0.558. The minimum atomic E-state index is -0.894. The first-order valence-corrected chi connectivity index (χ1v) is 4.87. The van der Waals surface area contributed by atoms with E-state index in [1.54, 1.807) is 0 Å². The lowest BCUT2D eigenvalue weighted by atomic mass is 9.98. The summed E-state index contributed by atoms with van der Waals surface area (Å²) in [5.74, 6) is -1.11. The molecule has 2 aliphatic rings. The second-order valence-electron chi connectivity index (χ2n) is 3.86. The lowest BCUT2D eigenvalue weighted by molar-refractivity contribution is -0.140. The van der Waals surface area contributed by atoms with Gasteiger partial charge in [0.15, 0.2) is 0 Å². The third-order valence-electron chi connectivity index (χ3n) is 2.91. The maximum atomic E-state index is 11.0. The van der Waals surface area contributed by atoms with Crippen LogP contribution in [0.3, 0.4) is 0 Å². The molecule has 0 amide bonds. The maximum Gasteiger partial charge on any atom is 0.332 e. The van der Waals surface area contributed by atoms with Crippen molar-refractivity contribution < 1.29 is 19.4 Å². The van der Waals surface area contributed by atoms with E-state index in [1.165, 1.54) is 6.92 Å². The van der Waals surface area contributed by atoms with Crippen LogP contribution in [0.15, 0.2) is 23.3 Å². The van der Waals surface area contributed by atoms with Gasteiger partial charge >= 0.3 is 11.9 Å². The molecule has 0 aliphatic heterocycles. The molecule has 0 saturated carbocycles. The van der Waals surface area contributed by atoms with Crippen molar-refractivity contribution in [3.63, 3.8) is 0 Å². The second-order valence-corrected chi connectivity index (χ2v) is 3.86. The Morgan fingerprint density at radius 2 is 2.13 bits per heavy atom. The van der Waals surface area contributed by atoms with Gasteiger partial charge in [-0.05, 0) is 12.0 Å². The number of aliphatic carboxylic acids is 1. The Labute approximate surface area is 87.2 Å². The summed E-state index contributed by atoms with van der Waals surface area (Å²) in [6, 6.07) is 0. The molecule has 15 heavy (non-hydrogen) atoms. The van der Waals surface area contributed by atoms with Crippen molar-refractivity contribution in [1.29, 1.82) is 0 Å². The molecule has 0 fully saturated rings. The first-order valence-electron chi connectivity index (χ1n) is 4.87. The van der Waals surface area contributed by atoms with E-state index in [4.69, 9.17) is 9.84 Å². The van der Waals surface area contributed by atoms with Gasteiger partial charge in [0, 0.05) is 24.3 Å². The van der Waals surface area contributed by atoms with Gasteiger partial charge < -0.3 is 9.84 Å². The largest absolute Gasteiger partial charge is 0.478 e. The molecule has 2 atom stereocenters. The van der Waals surface area contributed by atoms with Gasteiger partial charge in [-0.15, -0.1) is 0 Å². The van der Waals surface area contributed by atoms with E-state index < -0.39 is 5.97 Å². The highest BCUT2D eigenvalue weighted by molar-refractivity contribution is 5.90. The lowest BCUT2D eigenvalue weighted by Crippen LogP contribution is -2.14. The summed E-state index contributed by atoms with van der Waals surface area (Å²) < 4.78 is 4.86. The van der Waals surface area contributed by atoms with Gasteiger partial charge in [0.25, 0.3) is 0 Å². The molecule has 2 aliphatic carbocycles. The average molecular weight is 208 g/mol. The van der Waals surface area contributed by atoms with Crippen molar-refractivity contribution in [1.82, 2.24) is 0 Å². The predicted octanol–water partition coefficient (Wildman–Crippen LogP) is 1.14. The molecule has 4 heteroatoms. The Balaban J connectivity index is 2.18. The van der Waals surface area contributed by atoms with Crippen molar-refractivity contribution >= 4 is 11.9 Å². The number of carbonyl (C=O) groups is 2. The lowest BCUT2D eigenvalue weighted by Gasteiger charge is -2.12. The van der Waals surface area contributed by atoms with E-state index in [-0.39, 0.29) is 24.4 Å². The minimum absolute atomic E-state index is 0.0121. The fraction of sp³-hybridized carbons (Fsp3) is 0.455.